The van der Waals surface area contributed by atoms with E-state index < -0.39 is 0 Å². The molecule has 2 aliphatic heterocycles. The minimum atomic E-state index is -0.226. The standard InChI is InChI=1S/C21H24FN7O/c22-17-1-3-18(4-2-17)26-11-13-28(14-12-26)21(30)16-7-9-27(10-8-16)20-6-5-19-24-23-15-29(19)25-20/h1-6,15-16H,7-14H2. The van der Waals surface area contributed by atoms with Crippen LogP contribution in [0.4, 0.5) is 15.9 Å². The maximum Gasteiger partial charge on any atom is 0.225 e. The van der Waals surface area contributed by atoms with Crippen molar-refractivity contribution in [2.24, 2.45) is 5.92 Å². The number of carbonyl (C=O) groups is 1. The number of amides is 1. The second-order valence-corrected chi connectivity index (χ2v) is 7.88. The van der Waals surface area contributed by atoms with E-state index in [2.05, 4.69) is 25.1 Å². The van der Waals surface area contributed by atoms with E-state index in [1.807, 2.05) is 17.0 Å². The molecule has 2 aliphatic rings. The van der Waals surface area contributed by atoms with E-state index in [0.717, 1.165) is 56.2 Å². The molecule has 9 heteroatoms. The van der Waals surface area contributed by atoms with Crippen molar-refractivity contribution >= 4 is 23.1 Å². The van der Waals surface area contributed by atoms with Crippen LogP contribution in [0.25, 0.3) is 5.65 Å². The molecule has 2 saturated heterocycles. The average Bonchev–Trinajstić information content (AvgIpc) is 3.27. The summed E-state index contributed by atoms with van der Waals surface area (Å²) < 4.78 is 14.8. The van der Waals surface area contributed by atoms with Gasteiger partial charge < -0.3 is 14.7 Å². The van der Waals surface area contributed by atoms with E-state index in [1.165, 1.54) is 12.1 Å². The van der Waals surface area contributed by atoms with E-state index in [4.69, 9.17) is 0 Å². The molecule has 4 heterocycles. The lowest BCUT2D eigenvalue weighted by Gasteiger charge is -2.39. The van der Waals surface area contributed by atoms with Crippen molar-refractivity contribution < 1.29 is 9.18 Å². The maximum absolute atomic E-state index is 13.1. The predicted octanol–water partition coefficient (Wildman–Crippen LogP) is 1.83. The van der Waals surface area contributed by atoms with Gasteiger partial charge in [0.2, 0.25) is 5.91 Å². The largest absolute Gasteiger partial charge is 0.368 e. The van der Waals surface area contributed by atoms with Gasteiger partial charge in [-0.25, -0.2) is 4.39 Å². The number of hydrogen-bond acceptors (Lipinski definition) is 6. The molecule has 3 aromatic rings. The van der Waals surface area contributed by atoms with Crippen LogP contribution in [-0.2, 0) is 4.79 Å². The second-order valence-electron chi connectivity index (χ2n) is 7.88. The zero-order valence-corrected chi connectivity index (χ0v) is 16.7. The lowest BCUT2D eigenvalue weighted by molar-refractivity contribution is -0.136. The third-order valence-electron chi connectivity index (χ3n) is 6.10. The highest BCUT2D eigenvalue weighted by Crippen LogP contribution is 2.25. The first-order valence-corrected chi connectivity index (χ1v) is 10.4. The van der Waals surface area contributed by atoms with E-state index in [0.29, 0.717) is 13.1 Å². The number of carbonyl (C=O) groups excluding carboxylic acids is 1. The molecule has 8 nitrogen and oxygen atoms in total. The van der Waals surface area contributed by atoms with Crippen molar-refractivity contribution in [2.45, 2.75) is 12.8 Å². The van der Waals surface area contributed by atoms with Crippen molar-refractivity contribution in [3.8, 4) is 0 Å². The molecule has 0 bridgehead atoms. The van der Waals surface area contributed by atoms with Gasteiger partial charge in [-0.3, -0.25) is 4.79 Å². The molecule has 5 rings (SSSR count). The number of benzene rings is 1. The zero-order chi connectivity index (χ0) is 20.5. The molecule has 0 N–H and O–H groups in total. The third kappa shape index (κ3) is 3.67. The van der Waals surface area contributed by atoms with E-state index in [9.17, 15) is 9.18 Å². The molecule has 0 aliphatic carbocycles. The van der Waals surface area contributed by atoms with Crippen LogP contribution in [0.5, 0.6) is 0 Å². The summed E-state index contributed by atoms with van der Waals surface area (Å²) in [5, 5.41) is 12.4. The summed E-state index contributed by atoms with van der Waals surface area (Å²) in [6.07, 6.45) is 3.26. The molecule has 2 fully saturated rings. The number of fused-ring (bicyclic) bond motifs is 1. The fourth-order valence-electron chi connectivity index (χ4n) is 4.34. The first-order valence-electron chi connectivity index (χ1n) is 10.4. The van der Waals surface area contributed by atoms with Gasteiger partial charge in [-0.1, -0.05) is 0 Å². The lowest BCUT2D eigenvalue weighted by atomic mass is 9.95. The molecular weight excluding hydrogens is 385 g/mol. The summed E-state index contributed by atoms with van der Waals surface area (Å²) in [5.41, 5.74) is 1.73. The minimum absolute atomic E-state index is 0.0669. The number of nitrogens with zero attached hydrogens (tertiary/aromatic N) is 7. The highest BCUT2D eigenvalue weighted by Gasteiger charge is 2.31. The van der Waals surface area contributed by atoms with Crippen LogP contribution in [0.2, 0.25) is 0 Å². The molecule has 0 radical (unpaired) electrons. The summed E-state index contributed by atoms with van der Waals surface area (Å²) >= 11 is 0. The molecule has 0 spiro atoms. The normalized spacial score (nSPS) is 18.2. The molecule has 1 aromatic carbocycles. The van der Waals surface area contributed by atoms with Gasteiger partial charge >= 0.3 is 0 Å². The molecule has 0 saturated carbocycles. The van der Waals surface area contributed by atoms with Gasteiger partial charge in [0.15, 0.2) is 5.65 Å². The van der Waals surface area contributed by atoms with Gasteiger partial charge in [-0.15, -0.1) is 15.3 Å². The summed E-state index contributed by atoms with van der Waals surface area (Å²) in [5.74, 6) is 0.990. The zero-order valence-electron chi connectivity index (χ0n) is 16.7. The van der Waals surface area contributed by atoms with Crippen LogP contribution in [0.3, 0.4) is 0 Å². The Morgan fingerprint density at radius 1 is 0.900 bits per heavy atom. The summed E-state index contributed by atoms with van der Waals surface area (Å²) in [7, 11) is 0. The Kier molecular flexibility index (Phi) is 4.94. The molecule has 1 amide bonds. The van der Waals surface area contributed by atoms with Crippen LogP contribution >= 0.6 is 0 Å². The van der Waals surface area contributed by atoms with Gasteiger partial charge in [-0.2, -0.15) is 4.52 Å². The molecule has 30 heavy (non-hydrogen) atoms. The summed E-state index contributed by atoms with van der Waals surface area (Å²) in [4.78, 5) is 19.4. The summed E-state index contributed by atoms with van der Waals surface area (Å²) in [6, 6.07) is 10.4. The molecule has 2 aromatic heterocycles. The highest BCUT2D eigenvalue weighted by atomic mass is 19.1. The number of hydrogen-bond donors (Lipinski definition) is 0. The van der Waals surface area contributed by atoms with E-state index >= 15 is 0 Å². The van der Waals surface area contributed by atoms with Gasteiger partial charge in [-0.05, 0) is 49.2 Å². The van der Waals surface area contributed by atoms with Crippen molar-refractivity contribution in [3.05, 3.63) is 48.5 Å². The van der Waals surface area contributed by atoms with E-state index in [1.54, 1.807) is 23.0 Å². The Balaban J connectivity index is 1.15. The Morgan fingerprint density at radius 3 is 2.37 bits per heavy atom. The Morgan fingerprint density at radius 2 is 1.63 bits per heavy atom. The Labute approximate surface area is 173 Å². The van der Waals surface area contributed by atoms with Crippen molar-refractivity contribution in [2.75, 3.05) is 49.1 Å². The number of anilines is 2. The van der Waals surface area contributed by atoms with Crippen molar-refractivity contribution in [1.82, 2.24) is 24.7 Å². The van der Waals surface area contributed by atoms with Crippen LogP contribution in [0, 0.1) is 11.7 Å². The first kappa shape index (κ1) is 18.8. The maximum atomic E-state index is 13.1. The summed E-state index contributed by atoms with van der Waals surface area (Å²) in [6.45, 7) is 4.60. The smallest absolute Gasteiger partial charge is 0.225 e. The number of piperazine rings is 1. The number of piperidine rings is 1. The first-order chi connectivity index (χ1) is 14.7. The molecular formula is C21H24FN7O. The van der Waals surface area contributed by atoms with Crippen LogP contribution in [0.1, 0.15) is 12.8 Å². The topological polar surface area (TPSA) is 69.9 Å². The Hall–Kier alpha value is -3.23. The number of rotatable bonds is 3. The quantitative estimate of drug-likeness (QED) is 0.657. The fourth-order valence-corrected chi connectivity index (χ4v) is 4.34. The second kappa shape index (κ2) is 7.89. The van der Waals surface area contributed by atoms with Crippen LogP contribution in [-0.4, -0.2) is 69.9 Å². The van der Waals surface area contributed by atoms with Gasteiger partial charge in [0.25, 0.3) is 0 Å². The van der Waals surface area contributed by atoms with Gasteiger partial charge in [0.05, 0.1) is 0 Å². The number of aromatic nitrogens is 4. The van der Waals surface area contributed by atoms with Gasteiger partial charge in [0.1, 0.15) is 18.0 Å². The van der Waals surface area contributed by atoms with Crippen molar-refractivity contribution in [1.29, 1.82) is 0 Å². The molecule has 156 valence electrons. The predicted molar refractivity (Wildman–Crippen MR) is 111 cm³/mol. The highest BCUT2D eigenvalue weighted by molar-refractivity contribution is 5.79. The lowest BCUT2D eigenvalue weighted by Crippen LogP contribution is -2.51. The molecule has 0 unspecified atom stereocenters. The average molecular weight is 409 g/mol. The van der Waals surface area contributed by atoms with E-state index in [-0.39, 0.29) is 17.6 Å². The van der Waals surface area contributed by atoms with Crippen molar-refractivity contribution in [3.63, 3.8) is 0 Å². The molecule has 0 atom stereocenters. The Bertz CT molecular complexity index is 1020. The number of halogens is 1. The van der Waals surface area contributed by atoms with Gasteiger partial charge in [0, 0.05) is 50.9 Å². The fraction of sp³-hybridized carbons (Fsp3) is 0.429. The third-order valence-corrected chi connectivity index (χ3v) is 6.10. The monoisotopic (exact) mass is 409 g/mol. The SMILES string of the molecule is O=C(C1CCN(c2ccc3nncn3n2)CC1)N1CCN(c2ccc(F)cc2)CC1. The van der Waals surface area contributed by atoms with Crippen LogP contribution in [0.15, 0.2) is 42.7 Å². The minimum Gasteiger partial charge on any atom is -0.368 e. The van der Waals surface area contributed by atoms with Crippen LogP contribution < -0.4 is 9.80 Å².